The molecule has 0 atom stereocenters. The van der Waals surface area contributed by atoms with Crippen molar-refractivity contribution in [3.8, 4) is 5.75 Å². The van der Waals surface area contributed by atoms with Gasteiger partial charge in [-0.1, -0.05) is 30.3 Å². The van der Waals surface area contributed by atoms with Crippen molar-refractivity contribution in [2.24, 2.45) is 5.73 Å². The number of carbonyl (C=O) groups is 1. The SMILES string of the molecule is COc1ccc(CC(N)=O)c2ccccc12. The first-order valence-corrected chi connectivity index (χ1v) is 5.05. The summed E-state index contributed by atoms with van der Waals surface area (Å²) < 4.78 is 5.27. The Morgan fingerprint density at radius 2 is 1.88 bits per heavy atom. The Labute approximate surface area is 93.8 Å². The fourth-order valence-electron chi connectivity index (χ4n) is 1.85. The number of hydrogen-bond donors (Lipinski definition) is 1. The monoisotopic (exact) mass is 215 g/mol. The number of amides is 1. The maximum Gasteiger partial charge on any atom is 0.221 e. The Balaban J connectivity index is 2.64. The smallest absolute Gasteiger partial charge is 0.221 e. The maximum absolute atomic E-state index is 11.0. The van der Waals surface area contributed by atoms with Crippen LogP contribution in [0.1, 0.15) is 5.56 Å². The molecular weight excluding hydrogens is 202 g/mol. The van der Waals surface area contributed by atoms with Gasteiger partial charge in [0.15, 0.2) is 0 Å². The van der Waals surface area contributed by atoms with Crippen molar-refractivity contribution < 1.29 is 9.53 Å². The van der Waals surface area contributed by atoms with Crippen LogP contribution in [0.15, 0.2) is 36.4 Å². The van der Waals surface area contributed by atoms with Crippen molar-refractivity contribution in [2.45, 2.75) is 6.42 Å². The van der Waals surface area contributed by atoms with Crippen LogP contribution in [0.25, 0.3) is 10.8 Å². The van der Waals surface area contributed by atoms with Crippen molar-refractivity contribution in [2.75, 3.05) is 7.11 Å². The van der Waals surface area contributed by atoms with Crippen molar-refractivity contribution in [1.82, 2.24) is 0 Å². The zero-order valence-electron chi connectivity index (χ0n) is 9.07. The molecule has 0 heterocycles. The predicted molar refractivity (Wildman–Crippen MR) is 63.4 cm³/mol. The van der Waals surface area contributed by atoms with Crippen molar-refractivity contribution in [3.63, 3.8) is 0 Å². The van der Waals surface area contributed by atoms with Crippen LogP contribution in [0.5, 0.6) is 5.75 Å². The van der Waals surface area contributed by atoms with E-state index in [2.05, 4.69) is 0 Å². The first kappa shape index (κ1) is 10.5. The van der Waals surface area contributed by atoms with Crippen molar-refractivity contribution in [1.29, 1.82) is 0 Å². The van der Waals surface area contributed by atoms with Crippen LogP contribution in [0, 0.1) is 0 Å². The topological polar surface area (TPSA) is 52.3 Å². The predicted octanol–water partition coefficient (Wildman–Crippen LogP) is 1.88. The summed E-state index contributed by atoms with van der Waals surface area (Å²) in [6, 6.07) is 11.6. The van der Waals surface area contributed by atoms with Gasteiger partial charge < -0.3 is 10.5 Å². The quantitative estimate of drug-likeness (QED) is 0.849. The molecule has 2 N–H and O–H groups in total. The number of ether oxygens (including phenoxy) is 1. The first-order chi connectivity index (χ1) is 7.72. The zero-order chi connectivity index (χ0) is 11.5. The Hall–Kier alpha value is -2.03. The lowest BCUT2D eigenvalue weighted by molar-refractivity contribution is -0.117. The van der Waals surface area contributed by atoms with Gasteiger partial charge in [0.05, 0.1) is 13.5 Å². The Morgan fingerprint density at radius 1 is 1.19 bits per heavy atom. The van der Waals surface area contributed by atoms with E-state index in [1.807, 2.05) is 36.4 Å². The van der Waals surface area contributed by atoms with Crippen LogP contribution in [0.3, 0.4) is 0 Å². The number of nitrogens with two attached hydrogens (primary N) is 1. The minimum atomic E-state index is -0.324. The van der Waals surface area contributed by atoms with E-state index < -0.39 is 0 Å². The molecule has 2 aromatic carbocycles. The van der Waals surface area contributed by atoms with E-state index in [-0.39, 0.29) is 12.3 Å². The lowest BCUT2D eigenvalue weighted by Crippen LogP contribution is -2.13. The highest BCUT2D eigenvalue weighted by Gasteiger charge is 2.07. The van der Waals surface area contributed by atoms with Gasteiger partial charge in [-0.3, -0.25) is 4.79 Å². The number of primary amides is 1. The third kappa shape index (κ3) is 1.84. The second-order valence-corrected chi connectivity index (χ2v) is 3.62. The third-order valence-corrected chi connectivity index (χ3v) is 2.56. The summed E-state index contributed by atoms with van der Waals surface area (Å²) in [5.74, 6) is 0.485. The minimum absolute atomic E-state index is 0.254. The molecule has 0 aromatic heterocycles. The molecular formula is C13H13NO2. The van der Waals surface area contributed by atoms with Crippen LogP contribution < -0.4 is 10.5 Å². The maximum atomic E-state index is 11.0. The molecule has 0 aliphatic rings. The molecule has 0 radical (unpaired) electrons. The normalized spacial score (nSPS) is 10.3. The van der Waals surface area contributed by atoms with Crippen LogP contribution >= 0.6 is 0 Å². The lowest BCUT2D eigenvalue weighted by Gasteiger charge is -2.09. The van der Waals surface area contributed by atoms with Gasteiger partial charge in [0.25, 0.3) is 0 Å². The van der Waals surface area contributed by atoms with Gasteiger partial charge in [-0.15, -0.1) is 0 Å². The standard InChI is InChI=1S/C13H13NO2/c1-16-12-7-6-9(8-13(14)15)10-4-2-3-5-11(10)12/h2-7H,8H2,1H3,(H2,14,15). The van der Waals surface area contributed by atoms with Gasteiger partial charge in [0, 0.05) is 5.39 Å². The zero-order valence-corrected chi connectivity index (χ0v) is 9.07. The van der Waals surface area contributed by atoms with E-state index in [0.29, 0.717) is 0 Å². The molecule has 2 rings (SSSR count). The molecule has 0 fully saturated rings. The molecule has 16 heavy (non-hydrogen) atoms. The van der Waals surface area contributed by atoms with Gasteiger partial charge in [-0.2, -0.15) is 0 Å². The summed E-state index contributed by atoms with van der Waals surface area (Å²) in [6.07, 6.45) is 0.254. The van der Waals surface area contributed by atoms with E-state index in [1.165, 1.54) is 0 Å². The first-order valence-electron chi connectivity index (χ1n) is 5.05. The van der Waals surface area contributed by atoms with Gasteiger partial charge in [-0.25, -0.2) is 0 Å². The largest absolute Gasteiger partial charge is 0.496 e. The molecule has 0 spiro atoms. The highest BCUT2D eigenvalue weighted by Crippen LogP contribution is 2.28. The Kier molecular flexibility index (Phi) is 2.77. The Morgan fingerprint density at radius 3 is 2.50 bits per heavy atom. The number of carbonyl (C=O) groups excluding carboxylic acids is 1. The molecule has 1 amide bonds. The fraction of sp³-hybridized carbons (Fsp3) is 0.154. The average Bonchev–Trinajstić information content (AvgIpc) is 2.29. The summed E-state index contributed by atoms with van der Waals surface area (Å²) in [4.78, 5) is 11.0. The summed E-state index contributed by atoms with van der Waals surface area (Å²) >= 11 is 0. The lowest BCUT2D eigenvalue weighted by atomic mass is 10.0. The highest BCUT2D eigenvalue weighted by atomic mass is 16.5. The molecule has 0 aliphatic heterocycles. The third-order valence-electron chi connectivity index (χ3n) is 2.56. The molecule has 0 saturated carbocycles. The number of rotatable bonds is 3. The molecule has 0 aliphatic carbocycles. The number of methoxy groups -OCH3 is 1. The Bertz CT molecular complexity index is 534. The molecule has 2 aromatic rings. The van der Waals surface area contributed by atoms with Crippen LogP contribution in [0.4, 0.5) is 0 Å². The summed E-state index contributed by atoms with van der Waals surface area (Å²) in [7, 11) is 1.63. The van der Waals surface area contributed by atoms with Gasteiger partial charge in [-0.05, 0) is 17.0 Å². The highest BCUT2D eigenvalue weighted by molar-refractivity contribution is 5.93. The fourth-order valence-corrected chi connectivity index (χ4v) is 1.85. The second-order valence-electron chi connectivity index (χ2n) is 3.62. The number of benzene rings is 2. The molecule has 0 saturated heterocycles. The van der Waals surface area contributed by atoms with E-state index in [1.54, 1.807) is 7.11 Å². The van der Waals surface area contributed by atoms with Gasteiger partial charge in [0.1, 0.15) is 5.75 Å². The van der Waals surface area contributed by atoms with Gasteiger partial charge in [0.2, 0.25) is 5.91 Å². The van der Waals surface area contributed by atoms with Crippen LogP contribution in [-0.4, -0.2) is 13.0 Å². The van der Waals surface area contributed by atoms with Crippen LogP contribution in [-0.2, 0) is 11.2 Å². The molecule has 0 bridgehead atoms. The summed E-state index contributed by atoms with van der Waals surface area (Å²) in [5.41, 5.74) is 6.15. The molecule has 82 valence electrons. The minimum Gasteiger partial charge on any atom is -0.496 e. The number of hydrogen-bond acceptors (Lipinski definition) is 2. The van der Waals surface area contributed by atoms with E-state index in [0.717, 1.165) is 22.1 Å². The van der Waals surface area contributed by atoms with Gasteiger partial charge >= 0.3 is 0 Å². The average molecular weight is 215 g/mol. The number of fused-ring (bicyclic) bond motifs is 1. The van der Waals surface area contributed by atoms with E-state index >= 15 is 0 Å². The second kappa shape index (κ2) is 4.23. The molecule has 0 unspecified atom stereocenters. The molecule has 3 nitrogen and oxygen atoms in total. The summed E-state index contributed by atoms with van der Waals surface area (Å²) in [5, 5.41) is 2.02. The van der Waals surface area contributed by atoms with Crippen LogP contribution in [0.2, 0.25) is 0 Å². The van der Waals surface area contributed by atoms with E-state index in [4.69, 9.17) is 10.5 Å². The van der Waals surface area contributed by atoms with Crippen molar-refractivity contribution >= 4 is 16.7 Å². The molecule has 3 heteroatoms. The van der Waals surface area contributed by atoms with E-state index in [9.17, 15) is 4.79 Å². The van der Waals surface area contributed by atoms with Crippen molar-refractivity contribution in [3.05, 3.63) is 42.0 Å². The summed E-state index contributed by atoms with van der Waals surface area (Å²) in [6.45, 7) is 0.